The molecule has 5 heterocycles. The number of nitrogens with zero attached hydrogens (tertiary/aromatic N) is 2. The van der Waals surface area contributed by atoms with Crippen molar-refractivity contribution in [3.8, 4) is 5.75 Å². The largest absolute Gasteiger partial charge is 0.494 e. The number of nitrogens with one attached hydrogen (secondary N) is 2. The monoisotopic (exact) mass is 478 g/mol. The maximum absolute atomic E-state index is 6.24. The van der Waals surface area contributed by atoms with Crippen molar-refractivity contribution in [3.63, 3.8) is 0 Å². The van der Waals surface area contributed by atoms with Crippen LogP contribution in [0.2, 0.25) is 0 Å². The molecule has 1 spiro atoms. The van der Waals surface area contributed by atoms with Crippen LogP contribution in [0, 0.1) is 12.3 Å². The summed E-state index contributed by atoms with van der Waals surface area (Å²) >= 11 is 0. The number of hydrogen-bond acceptors (Lipinski definition) is 7. The molecule has 2 fully saturated rings. The molecule has 0 amide bonds. The van der Waals surface area contributed by atoms with Crippen molar-refractivity contribution in [3.05, 3.63) is 71.3 Å². The molecule has 0 atom stereocenters. The lowest BCUT2D eigenvalue weighted by atomic mass is 9.78. The van der Waals surface area contributed by atoms with Crippen molar-refractivity contribution in [1.29, 1.82) is 0 Å². The molecule has 0 radical (unpaired) electrons. The average molecular weight is 479 g/mol. The summed E-state index contributed by atoms with van der Waals surface area (Å²) in [6.45, 7) is 14.6. The van der Waals surface area contributed by atoms with Gasteiger partial charge in [0, 0.05) is 53.9 Å². The summed E-state index contributed by atoms with van der Waals surface area (Å²) in [6, 6.07) is 4.03. The molecular formula is C27H34N4O4. The van der Waals surface area contributed by atoms with E-state index in [0.717, 1.165) is 73.0 Å². The van der Waals surface area contributed by atoms with Crippen molar-refractivity contribution in [2.75, 3.05) is 53.1 Å². The summed E-state index contributed by atoms with van der Waals surface area (Å²) in [5, 5.41) is 4.28. The van der Waals surface area contributed by atoms with Gasteiger partial charge in [0.25, 0.3) is 0 Å². The van der Waals surface area contributed by atoms with Crippen molar-refractivity contribution < 1.29 is 18.9 Å². The minimum atomic E-state index is 0.457. The molecular weight excluding hydrogens is 444 g/mol. The van der Waals surface area contributed by atoms with Gasteiger partial charge in [0.1, 0.15) is 22.9 Å². The zero-order valence-corrected chi connectivity index (χ0v) is 20.8. The molecule has 0 aromatic carbocycles. The van der Waals surface area contributed by atoms with Crippen LogP contribution in [-0.2, 0) is 14.2 Å². The summed E-state index contributed by atoms with van der Waals surface area (Å²) in [5.41, 5.74) is 3.94. The van der Waals surface area contributed by atoms with Crippen LogP contribution >= 0.6 is 0 Å². The van der Waals surface area contributed by atoms with Gasteiger partial charge in [-0.25, -0.2) is 4.98 Å². The van der Waals surface area contributed by atoms with E-state index >= 15 is 0 Å². The van der Waals surface area contributed by atoms with Gasteiger partial charge in [0.05, 0.1) is 33.1 Å². The van der Waals surface area contributed by atoms with Gasteiger partial charge in [0.15, 0.2) is 5.76 Å². The maximum atomic E-state index is 6.24. The number of aromatic amines is 1. The Morgan fingerprint density at radius 1 is 1.31 bits per heavy atom. The third-order valence-corrected chi connectivity index (χ3v) is 6.72. The van der Waals surface area contributed by atoms with Gasteiger partial charge >= 0.3 is 0 Å². The van der Waals surface area contributed by atoms with E-state index in [4.69, 9.17) is 18.9 Å². The van der Waals surface area contributed by atoms with E-state index in [1.165, 1.54) is 0 Å². The van der Waals surface area contributed by atoms with Crippen LogP contribution in [0.1, 0.15) is 19.0 Å². The Hall–Kier alpha value is -3.23. The normalized spacial score (nSPS) is 21.2. The van der Waals surface area contributed by atoms with Crippen LogP contribution in [0.15, 0.2) is 65.6 Å². The number of ether oxygens (including phenoxy) is 4. The molecule has 35 heavy (non-hydrogen) atoms. The molecule has 2 saturated heterocycles. The fraction of sp³-hybridized carbons (Fsp3) is 0.444. The molecule has 0 unspecified atom stereocenters. The summed E-state index contributed by atoms with van der Waals surface area (Å²) in [4.78, 5) is 10.2. The molecule has 5 rings (SSSR count). The van der Waals surface area contributed by atoms with Gasteiger partial charge < -0.3 is 34.1 Å². The van der Waals surface area contributed by atoms with E-state index in [-0.39, 0.29) is 0 Å². The van der Waals surface area contributed by atoms with Crippen molar-refractivity contribution >= 4 is 11.0 Å². The number of methoxy groups -OCH3 is 1. The highest BCUT2D eigenvalue weighted by atomic mass is 16.5. The Balaban J connectivity index is 1.23. The molecule has 2 aromatic rings. The van der Waals surface area contributed by atoms with E-state index in [1.807, 2.05) is 32.1 Å². The predicted octanol–water partition coefficient (Wildman–Crippen LogP) is 3.79. The molecule has 8 heteroatoms. The molecule has 2 aromatic heterocycles. The van der Waals surface area contributed by atoms with Crippen LogP contribution in [-0.4, -0.2) is 68.0 Å². The Morgan fingerprint density at radius 3 is 2.89 bits per heavy atom. The number of aryl methyl sites for hydroxylation is 1. The van der Waals surface area contributed by atoms with E-state index in [0.29, 0.717) is 35.8 Å². The van der Waals surface area contributed by atoms with Crippen molar-refractivity contribution in [2.45, 2.75) is 20.3 Å². The lowest BCUT2D eigenvalue weighted by Gasteiger charge is -2.55. The zero-order valence-electron chi connectivity index (χ0n) is 20.8. The molecule has 0 aliphatic carbocycles. The van der Waals surface area contributed by atoms with Crippen molar-refractivity contribution in [1.82, 2.24) is 20.2 Å². The number of H-pyrrole nitrogens is 1. The topological polar surface area (TPSA) is 80.9 Å². The van der Waals surface area contributed by atoms with Crippen LogP contribution in [0.5, 0.6) is 5.75 Å². The summed E-state index contributed by atoms with van der Waals surface area (Å²) in [6.07, 6.45) is 6.60. The van der Waals surface area contributed by atoms with Gasteiger partial charge in [0.2, 0.25) is 0 Å². The highest BCUT2D eigenvalue weighted by Crippen LogP contribution is 2.37. The number of aromatic nitrogens is 2. The Morgan fingerprint density at radius 2 is 2.14 bits per heavy atom. The smallest absolute Gasteiger partial charge is 0.156 e. The summed E-state index contributed by atoms with van der Waals surface area (Å²) in [5.74, 6) is 2.75. The number of allylic oxidation sites excluding steroid dienone is 2. The Kier molecular flexibility index (Phi) is 6.58. The minimum Gasteiger partial charge on any atom is -0.494 e. The average Bonchev–Trinajstić information content (AvgIpc) is 3.15. The first-order valence-electron chi connectivity index (χ1n) is 12.1. The Labute approximate surface area is 206 Å². The molecule has 2 N–H and O–H groups in total. The first-order chi connectivity index (χ1) is 16.9. The van der Waals surface area contributed by atoms with Gasteiger partial charge in [-0.15, -0.1) is 0 Å². The lowest BCUT2D eigenvalue weighted by molar-refractivity contribution is -0.189. The maximum Gasteiger partial charge on any atom is 0.156 e. The first kappa shape index (κ1) is 23.5. The number of fused-ring (bicyclic) bond motifs is 1. The second kappa shape index (κ2) is 9.79. The lowest BCUT2D eigenvalue weighted by Crippen LogP contribution is -2.65. The van der Waals surface area contributed by atoms with Crippen LogP contribution < -0.4 is 10.1 Å². The number of likely N-dealkylation sites (tertiary alicyclic amines) is 1. The molecule has 3 aliphatic rings. The Bertz CT molecular complexity index is 1200. The minimum absolute atomic E-state index is 0.457. The van der Waals surface area contributed by atoms with Crippen LogP contribution in [0.25, 0.3) is 11.0 Å². The van der Waals surface area contributed by atoms with Crippen molar-refractivity contribution in [2.24, 2.45) is 5.41 Å². The van der Waals surface area contributed by atoms with Crippen LogP contribution in [0.4, 0.5) is 0 Å². The van der Waals surface area contributed by atoms with Gasteiger partial charge in [-0.3, -0.25) is 0 Å². The number of rotatable bonds is 9. The second-order valence-electron chi connectivity index (χ2n) is 9.68. The summed E-state index contributed by atoms with van der Waals surface area (Å²) < 4.78 is 23.3. The van der Waals surface area contributed by atoms with Crippen LogP contribution in [0.3, 0.4) is 0 Å². The van der Waals surface area contributed by atoms with Gasteiger partial charge in [-0.05, 0) is 44.6 Å². The highest BCUT2D eigenvalue weighted by Gasteiger charge is 2.48. The van der Waals surface area contributed by atoms with Gasteiger partial charge in [-0.1, -0.05) is 6.58 Å². The molecule has 0 bridgehead atoms. The second-order valence-corrected chi connectivity index (χ2v) is 9.68. The number of pyridine rings is 1. The zero-order chi connectivity index (χ0) is 24.4. The van der Waals surface area contributed by atoms with E-state index in [9.17, 15) is 0 Å². The van der Waals surface area contributed by atoms with E-state index in [1.54, 1.807) is 13.3 Å². The SMILES string of the molecule is C=C1NCC=C(Oc2cnc3[nH]c(C)cc3c2)/C1=C/C(OC)=C(\C)OCCCN1CC2(COC2)C1. The molecule has 3 aliphatic heterocycles. The first-order valence-corrected chi connectivity index (χ1v) is 12.1. The molecule has 186 valence electrons. The third-order valence-electron chi connectivity index (χ3n) is 6.72. The summed E-state index contributed by atoms with van der Waals surface area (Å²) in [7, 11) is 1.65. The van der Waals surface area contributed by atoms with Gasteiger partial charge in [-0.2, -0.15) is 0 Å². The standard InChI is InChI=1S/C27H34N4O4/c1-18-10-21-11-22(13-29-26(21)30-18)35-24-6-7-28-19(2)23(24)12-25(32-4)20(3)34-9-5-8-31-14-27(15-31)16-33-17-27/h6,10-13,28H,2,5,7-9,14-17H2,1,3-4H3,(H,29,30)/b23-12+,25-20-. The fourth-order valence-electron chi connectivity index (χ4n) is 4.84. The van der Waals surface area contributed by atoms with E-state index < -0.39 is 0 Å². The fourth-order valence-corrected chi connectivity index (χ4v) is 4.84. The highest BCUT2D eigenvalue weighted by molar-refractivity contribution is 5.77. The quantitative estimate of drug-likeness (QED) is 0.419. The predicted molar refractivity (Wildman–Crippen MR) is 135 cm³/mol. The third kappa shape index (κ3) is 5.09. The van der Waals surface area contributed by atoms with E-state index in [2.05, 4.69) is 32.8 Å². The molecule has 8 nitrogen and oxygen atoms in total. The number of hydrogen-bond donors (Lipinski definition) is 2. The molecule has 0 saturated carbocycles.